The summed E-state index contributed by atoms with van der Waals surface area (Å²) in [6.45, 7) is 1.62. The molecule has 0 aliphatic rings. The van der Waals surface area contributed by atoms with Gasteiger partial charge in [-0.25, -0.2) is 18.6 Å². The zero-order chi connectivity index (χ0) is 14.0. The molecule has 0 spiro atoms. The second-order valence-corrected chi connectivity index (χ2v) is 3.63. The Labute approximate surface area is 107 Å². The third-order valence-electron chi connectivity index (χ3n) is 2.25. The number of halogens is 2. The van der Waals surface area contributed by atoms with Gasteiger partial charge in [-0.15, -0.1) is 0 Å². The molecule has 0 unspecified atom stereocenters. The van der Waals surface area contributed by atoms with Crippen LogP contribution < -0.4 is 0 Å². The van der Waals surface area contributed by atoms with Crippen molar-refractivity contribution in [1.82, 2.24) is 14.8 Å². The summed E-state index contributed by atoms with van der Waals surface area (Å²) >= 11 is 0. The standard InChI is InChI=1S/C11H11F2N3O3/c1-3-18-11(17)8-7(9(12)13)14-10(19-8)6-4-5-16(2)15-6/h4-5,9H,3H2,1-2H3. The van der Waals surface area contributed by atoms with Crippen molar-refractivity contribution in [3.63, 3.8) is 0 Å². The van der Waals surface area contributed by atoms with Gasteiger partial charge >= 0.3 is 5.97 Å². The van der Waals surface area contributed by atoms with Gasteiger partial charge in [0.15, 0.2) is 5.69 Å². The highest BCUT2D eigenvalue weighted by Gasteiger charge is 2.28. The molecule has 0 radical (unpaired) electrons. The highest BCUT2D eigenvalue weighted by Crippen LogP contribution is 2.28. The van der Waals surface area contributed by atoms with Crippen LogP contribution in [0.1, 0.15) is 29.6 Å². The van der Waals surface area contributed by atoms with Crippen molar-refractivity contribution >= 4 is 5.97 Å². The monoisotopic (exact) mass is 271 g/mol. The lowest BCUT2D eigenvalue weighted by molar-refractivity contribution is 0.0476. The molecule has 0 saturated heterocycles. The van der Waals surface area contributed by atoms with Crippen molar-refractivity contribution in [2.24, 2.45) is 7.05 Å². The molecule has 0 aromatic carbocycles. The van der Waals surface area contributed by atoms with Crippen molar-refractivity contribution in [1.29, 1.82) is 0 Å². The van der Waals surface area contributed by atoms with Crippen LogP contribution in [0.3, 0.4) is 0 Å². The van der Waals surface area contributed by atoms with Gasteiger partial charge in [0.25, 0.3) is 6.43 Å². The molecule has 2 heterocycles. The number of hydrogen-bond donors (Lipinski definition) is 0. The highest BCUT2D eigenvalue weighted by molar-refractivity contribution is 5.88. The predicted molar refractivity (Wildman–Crippen MR) is 59.6 cm³/mol. The van der Waals surface area contributed by atoms with Crippen LogP contribution >= 0.6 is 0 Å². The second-order valence-electron chi connectivity index (χ2n) is 3.63. The van der Waals surface area contributed by atoms with E-state index < -0.39 is 23.8 Å². The number of carbonyl (C=O) groups is 1. The molecule has 0 bridgehead atoms. The number of ether oxygens (including phenoxy) is 1. The van der Waals surface area contributed by atoms with Gasteiger partial charge in [0.1, 0.15) is 5.69 Å². The van der Waals surface area contributed by atoms with E-state index in [-0.39, 0.29) is 18.2 Å². The third-order valence-corrected chi connectivity index (χ3v) is 2.25. The van der Waals surface area contributed by atoms with Gasteiger partial charge < -0.3 is 9.15 Å². The molecule has 6 nitrogen and oxygen atoms in total. The predicted octanol–water partition coefficient (Wildman–Crippen LogP) is 2.19. The quantitative estimate of drug-likeness (QED) is 0.797. The SMILES string of the molecule is CCOC(=O)c1oc(-c2ccn(C)n2)nc1C(F)F. The molecule has 2 aromatic heterocycles. The van der Waals surface area contributed by atoms with E-state index in [1.165, 1.54) is 10.7 Å². The van der Waals surface area contributed by atoms with Gasteiger partial charge in [-0.05, 0) is 13.0 Å². The highest BCUT2D eigenvalue weighted by atomic mass is 19.3. The van der Waals surface area contributed by atoms with Crippen molar-refractivity contribution in [3.8, 4) is 11.6 Å². The molecule has 19 heavy (non-hydrogen) atoms. The van der Waals surface area contributed by atoms with E-state index in [2.05, 4.69) is 14.8 Å². The van der Waals surface area contributed by atoms with Crippen LogP contribution in [-0.4, -0.2) is 27.3 Å². The minimum Gasteiger partial charge on any atom is -0.460 e. The number of alkyl halides is 2. The minimum absolute atomic E-state index is 0.0567. The maximum absolute atomic E-state index is 12.8. The van der Waals surface area contributed by atoms with E-state index in [4.69, 9.17) is 4.42 Å². The maximum atomic E-state index is 12.8. The summed E-state index contributed by atoms with van der Waals surface area (Å²) in [5.41, 5.74) is -0.473. The van der Waals surface area contributed by atoms with Gasteiger partial charge in [0, 0.05) is 13.2 Å². The lowest BCUT2D eigenvalue weighted by Crippen LogP contribution is -2.06. The fourth-order valence-electron chi connectivity index (χ4n) is 1.46. The maximum Gasteiger partial charge on any atom is 0.376 e. The molecular weight excluding hydrogens is 260 g/mol. The summed E-state index contributed by atoms with van der Waals surface area (Å²) in [6.07, 6.45) is -1.33. The number of aryl methyl sites for hydroxylation is 1. The van der Waals surface area contributed by atoms with Crippen LogP contribution in [0.25, 0.3) is 11.6 Å². The Morgan fingerprint density at radius 2 is 2.32 bits per heavy atom. The third kappa shape index (κ3) is 2.61. The Morgan fingerprint density at radius 3 is 2.84 bits per heavy atom. The zero-order valence-corrected chi connectivity index (χ0v) is 10.3. The lowest BCUT2D eigenvalue weighted by atomic mass is 10.3. The number of rotatable bonds is 4. The van der Waals surface area contributed by atoms with E-state index in [0.717, 1.165) is 0 Å². The number of hydrogen-bond acceptors (Lipinski definition) is 5. The van der Waals surface area contributed by atoms with Gasteiger partial charge in [-0.1, -0.05) is 0 Å². The molecule has 0 amide bonds. The van der Waals surface area contributed by atoms with E-state index in [1.807, 2.05) is 0 Å². The fraction of sp³-hybridized carbons (Fsp3) is 0.364. The van der Waals surface area contributed by atoms with Gasteiger partial charge in [-0.2, -0.15) is 5.10 Å². The summed E-state index contributed by atoms with van der Waals surface area (Å²) in [6, 6.07) is 1.54. The number of carbonyl (C=O) groups excluding carboxylic acids is 1. The first-order valence-electron chi connectivity index (χ1n) is 5.49. The Morgan fingerprint density at radius 1 is 1.58 bits per heavy atom. The van der Waals surface area contributed by atoms with Crippen molar-refractivity contribution in [2.45, 2.75) is 13.3 Å². The Balaban J connectivity index is 2.43. The number of esters is 1. The topological polar surface area (TPSA) is 70.2 Å². The molecule has 2 rings (SSSR count). The smallest absolute Gasteiger partial charge is 0.376 e. The van der Waals surface area contributed by atoms with E-state index in [0.29, 0.717) is 0 Å². The average molecular weight is 271 g/mol. The van der Waals surface area contributed by atoms with Crippen LogP contribution in [-0.2, 0) is 11.8 Å². The Bertz CT molecular complexity index is 592. The van der Waals surface area contributed by atoms with Crippen molar-refractivity contribution in [2.75, 3.05) is 6.61 Å². The van der Waals surface area contributed by atoms with Crippen LogP contribution in [0.4, 0.5) is 8.78 Å². The molecule has 0 atom stereocenters. The number of aromatic nitrogens is 3. The largest absolute Gasteiger partial charge is 0.460 e. The fourth-order valence-corrected chi connectivity index (χ4v) is 1.46. The minimum atomic E-state index is -2.93. The molecule has 0 saturated carbocycles. The summed E-state index contributed by atoms with van der Waals surface area (Å²) in [7, 11) is 1.66. The van der Waals surface area contributed by atoms with Gasteiger partial charge in [-0.3, -0.25) is 4.68 Å². The number of nitrogens with zero attached hydrogens (tertiary/aromatic N) is 3. The molecule has 0 N–H and O–H groups in total. The first kappa shape index (κ1) is 13.2. The van der Waals surface area contributed by atoms with Crippen LogP contribution in [0.5, 0.6) is 0 Å². The first-order valence-corrected chi connectivity index (χ1v) is 5.49. The molecule has 8 heteroatoms. The average Bonchev–Trinajstić information content (AvgIpc) is 2.94. The molecule has 0 aliphatic carbocycles. The summed E-state index contributed by atoms with van der Waals surface area (Å²) in [5.74, 6) is -1.69. The summed E-state index contributed by atoms with van der Waals surface area (Å²) < 4.78 is 36.8. The van der Waals surface area contributed by atoms with Gasteiger partial charge in [0.05, 0.1) is 6.61 Å². The van der Waals surface area contributed by atoms with Crippen LogP contribution in [0.2, 0.25) is 0 Å². The molecule has 0 aliphatic heterocycles. The van der Waals surface area contributed by atoms with Crippen molar-refractivity contribution in [3.05, 3.63) is 23.7 Å². The molecule has 0 fully saturated rings. The lowest BCUT2D eigenvalue weighted by Gasteiger charge is -1.99. The van der Waals surface area contributed by atoms with Crippen LogP contribution in [0, 0.1) is 0 Å². The van der Waals surface area contributed by atoms with E-state index >= 15 is 0 Å². The van der Waals surface area contributed by atoms with Crippen molar-refractivity contribution < 1.29 is 22.7 Å². The normalized spacial score (nSPS) is 11.0. The first-order chi connectivity index (χ1) is 9.02. The summed E-state index contributed by atoms with van der Waals surface area (Å²) in [5, 5.41) is 3.96. The van der Waals surface area contributed by atoms with E-state index in [1.54, 1.807) is 20.2 Å². The zero-order valence-electron chi connectivity index (χ0n) is 10.3. The van der Waals surface area contributed by atoms with E-state index in [9.17, 15) is 13.6 Å². The molecule has 2 aromatic rings. The van der Waals surface area contributed by atoms with Gasteiger partial charge in [0.2, 0.25) is 11.7 Å². The Kier molecular flexibility index (Phi) is 3.59. The molecular formula is C11H11F2N3O3. The Hall–Kier alpha value is -2.25. The summed E-state index contributed by atoms with van der Waals surface area (Å²) in [4.78, 5) is 15.1. The van der Waals surface area contributed by atoms with Crippen LogP contribution in [0.15, 0.2) is 16.7 Å². The number of oxazole rings is 1. The second kappa shape index (κ2) is 5.17. The molecule has 102 valence electrons.